The fourth-order valence-electron chi connectivity index (χ4n) is 13.4. The molecule has 0 bridgehead atoms. The van der Waals surface area contributed by atoms with Crippen LogP contribution in [0.2, 0.25) is 0 Å². The minimum atomic E-state index is -0.137. The molecule has 1 saturated carbocycles. The maximum atomic E-state index is 2.78. The molecule has 4 heteroatoms. The average molecular weight is 954 g/mol. The molecule has 0 aromatic heterocycles. The minimum Gasteiger partial charge on any atom is -0.334 e. The average Bonchev–Trinajstić information content (AvgIpc) is 3.58. The molecule has 3 heterocycles. The molecular weight excluding hydrogens is 882 g/mol. The van der Waals surface area contributed by atoms with Gasteiger partial charge in [-0.15, -0.1) is 0 Å². The number of nitrogens with zero attached hydrogens (tertiary/aromatic N) is 3. The van der Waals surface area contributed by atoms with Crippen molar-refractivity contribution in [3.05, 3.63) is 198 Å². The largest absolute Gasteiger partial charge is 0.334 e. The van der Waals surface area contributed by atoms with Crippen molar-refractivity contribution < 1.29 is 0 Å². The van der Waals surface area contributed by atoms with Crippen LogP contribution in [0.1, 0.15) is 130 Å². The van der Waals surface area contributed by atoms with Crippen LogP contribution in [0.5, 0.6) is 0 Å². The molecule has 0 spiro atoms. The van der Waals surface area contributed by atoms with E-state index < -0.39 is 0 Å². The Morgan fingerprint density at radius 1 is 0.425 bits per heavy atom. The number of benzene rings is 8. The van der Waals surface area contributed by atoms with Crippen molar-refractivity contribution in [2.45, 2.75) is 136 Å². The second kappa shape index (κ2) is 16.6. The van der Waals surface area contributed by atoms with Crippen LogP contribution in [0, 0.1) is 6.92 Å². The third kappa shape index (κ3) is 7.36. The predicted octanol–water partition coefficient (Wildman–Crippen LogP) is 17.0. The van der Waals surface area contributed by atoms with Gasteiger partial charge in [-0.2, -0.15) is 0 Å². The molecule has 366 valence electrons. The van der Waals surface area contributed by atoms with Gasteiger partial charge in [0.1, 0.15) is 0 Å². The highest BCUT2D eigenvalue weighted by Crippen LogP contribution is 2.62. The molecule has 0 saturated heterocycles. The van der Waals surface area contributed by atoms with E-state index in [9.17, 15) is 0 Å². The summed E-state index contributed by atoms with van der Waals surface area (Å²) in [5, 5.41) is 0. The van der Waals surface area contributed by atoms with Crippen LogP contribution in [-0.2, 0) is 21.7 Å². The molecule has 8 aromatic carbocycles. The number of hydrogen-bond acceptors (Lipinski definition) is 3. The first-order valence-corrected chi connectivity index (χ1v) is 27.1. The van der Waals surface area contributed by atoms with Gasteiger partial charge in [-0.3, -0.25) is 0 Å². The van der Waals surface area contributed by atoms with Gasteiger partial charge in [-0.1, -0.05) is 185 Å². The van der Waals surface area contributed by atoms with Crippen molar-refractivity contribution in [2.24, 2.45) is 0 Å². The fourth-order valence-corrected chi connectivity index (χ4v) is 13.4. The Morgan fingerprint density at radius 3 is 1.74 bits per heavy atom. The van der Waals surface area contributed by atoms with E-state index in [1.165, 1.54) is 131 Å². The molecule has 0 radical (unpaired) electrons. The second-order valence-corrected chi connectivity index (χ2v) is 25.4. The van der Waals surface area contributed by atoms with Crippen LogP contribution in [0.4, 0.5) is 45.5 Å². The maximum Gasteiger partial charge on any atom is 0.252 e. The summed E-state index contributed by atoms with van der Waals surface area (Å²) in [5.74, 6) is 0. The van der Waals surface area contributed by atoms with Crippen molar-refractivity contribution >= 4 is 68.6 Å². The van der Waals surface area contributed by atoms with Gasteiger partial charge in [0.25, 0.3) is 6.71 Å². The highest BCUT2D eigenvalue weighted by Gasteiger charge is 2.58. The van der Waals surface area contributed by atoms with Crippen molar-refractivity contribution in [2.75, 3.05) is 14.7 Å². The van der Waals surface area contributed by atoms with Crippen molar-refractivity contribution in [3.8, 4) is 22.3 Å². The standard InChI is InChI=1S/C69H72BN3/c1-45-22-16-17-25-53(45)47-28-36-59-55(40-47)68(11)38-20-21-39-69(68,12)73(59)52-34-35-57-61(44-52)71(51-32-29-48(30-33-51)65(2,3)4)62-42-50(67(8,9)10)43-63-64(62)70(57)56-26-18-19-27-60(56)72(63)58-37-31-49(66(5,6)7)41-54(58)46-23-14-13-15-24-46/h13-19,22-37,40-44H,20-21,38-39H2,1-12H3. The summed E-state index contributed by atoms with van der Waals surface area (Å²) in [4.78, 5) is 8.04. The van der Waals surface area contributed by atoms with Gasteiger partial charge in [0.2, 0.25) is 0 Å². The molecule has 4 aliphatic rings. The van der Waals surface area contributed by atoms with Gasteiger partial charge in [-0.05, 0) is 171 Å². The van der Waals surface area contributed by atoms with Crippen molar-refractivity contribution in [3.63, 3.8) is 0 Å². The van der Waals surface area contributed by atoms with Crippen molar-refractivity contribution in [1.29, 1.82) is 0 Å². The lowest BCUT2D eigenvalue weighted by molar-refractivity contribution is 0.195. The van der Waals surface area contributed by atoms with E-state index in [2.05, 4.69) is 268 Å². The van der Waals surface area contributed by atoms with Crippen LogP contribution >= 0.6 is 0 Å². The zero-order chi connectivity index (χ0) is 51.0. The van der Waals surface area contributed by atoms with E-state index in [0.29, 0.717) is 0 Å². The lowest BCUT2D eigenvalue weighted by atomic mass is 9.33. The summed E-state index contributed by atoms with van der Waals surface area (Å²) in [7, 11) is 0. The summed E-state index contributed by atoms with van der Waals surface area (Å²) < 4.78 is 0. The van der Waals surface area contributed by atoms with Gasteiger partial charge in [0, 0.05) is 50.8 Å². The van der Waals surface area contributed by atoms with E-state index in [1.54, 1.807) is 0 Å². The number of fused-ring (bicyclic) bond motifs is 7. The Labute approximate surface area is 437 Å². The first-order chi connectivity index (χ1) is 34.8. The second-order valence-electron chi connectivity index (χ2n) is 25.4. The Bertz CT molecular complexity index is 3480. The molecular formula is C69H72BN3. The van der Waals surface area contributed by atoms with Gasteiger partial charge in [-0.25, -0.2) is 0 Å². The van der Waals surface area contributed by atoms with Crippen LogP contribution in [0.25, 0.3) is 22.3 Å². The number of para-hydroxylation sites is 1. The van der Waals surface area contributed by atoms with Crippen LogP contribution in [0.15, 0.2) is 170 Å². The highest BCUT2D eigenvalue weighted by atomic mass is 15.3. The molecule has 2 atom stereocenters. The molecule has 2 unspecified atom stereocenters. The van der Waals surface area contributed by atoms with Crippen LogP contribution in [0.3, 0.4) is 0 Å². The molecule has 1 aliphatic carbocycles. The highest BCUT2D eigenvalue weighted by molar-refractivity contribution is 7.00. The quantitative estimate of drug-likeness (QED) is 0.159. The summed E-state index contributed by atoms with van der Waals surface area (Å²) in [6.45, 7) is 28.5. The summed E-state index contributed by atoms with van der Waals surface area (Å²) in [6.07, 6.45) is 4.79. The van der Waals surface area contributed by atoms with Gasteiger partial charge < -0.3 is 14.7 Å². The SMILES string of the molecule is Cc1ccccc1-c1ccc2c(c1)C1(C)CCCCC1(C)N2c1ccc2c(c1)N(c1ccc(C(C)(C)C)cc1)c1cc(C(C)(C)C)cc3c1B2c1ccccc1N3c1ccc(C(C)(C)C)cc1-c1ccccc1. The van der Waals surface area contributed by atoms with Crippen LogP contribution < -0.4 is 31.1 Å². The topological polar surface area (TPSA) is 9.72 Å². The van der Waals surface area contributed by atoms with E-state index in [0.717, 1.165) is 6.42 Å². The van der Waals surface area contributed by atoms with E-state index in [-0.39, 0.29) is 33.9 Å². The lowest BCUT2D eigenvalue weighted by Gasteiger charge is -2.50. The molecule has 12 rings (SSSR count). The Kier molecular flexibility index (Phi) is 10.8. The molecule has 3 nitrogen and oxygen atoms in total. The van der Waals surface area contributed by atoms with E-state index in [4.69, 9.17) is 0 Å². The molecule has 1 fully saturated rings. The number of rotatable bonds is 5. The monoisotopic (exact) mass is 954 g/mol. The van der Waals surface area contributed by atoms with E-state index in [1.807, 2.05) is 0 Å². The molecule has 8 aromatic rings. The maximum absolute atomic E-state index is 2.78. The Balaban J connectivity index is 1.13. The lowest BCUT2D eigenvalue weighted by Crippen LogP contribution is -2.61. The van der Waals surface area contributed by atoms with Crippen molar-refractivity contribution in [1.82, 2.24) is 0 Å². The van der Waals surface area contributed by atoms with Crippen LogP contribution in [-0.4, -0.2) is 12.3 Å². The Hall–Kier alpha value is -6.78. The molecule has 3 aliphatic heterocycles. The first-order valence-electron chi connectivity index (χ1n) is 27.1. The molecule has 0 amide bonds. The zero-order valence-corrected chi connectivity index (χ0v) is 45.4. The van der Waals surface area contributed by atoms with Gasteiger partial charge in [0.05, 0.1) is 11.2 Å². The summed E-state index contributed by atoms with van der Waals surface area (Å²) in [6, 6.07) is 66.0. The first kappa shape index (κ1) is 47.2. The summed E-state index contributed by atoms with van der Waals surface area (Å²) >= 11 is 0. The predicted molar refractivity (Wildman–Crippen MR) is 315 cm³/mol. The Morgan fingerprint density at radius 2 is 1.03 bits per heavy atom. The van der Waals surface area contributed by atoms with Gasteiger partial charge in [0.15, 0.2) is 0 Å². The van der Waals surface area contributed by atoms with E-state index >= 15 is 0 Å². The third-order valence-corrected chi connectivity index (χ3v) is 17.8. The zero-order valence-electron chi connectivity index (χ0n) is 45.4. The normalized spacial score (nSPS) is 19.0. The number of aryl methyl sites for hydroxylation is 1. The third-order valence-electron chi connectivity index (χ3n) is 17.8. The minimum absolute atomic E-state index is 0.00714. The smallest absolute Gasteiger partial charge is 0.252 e. The number of anilines is 8. The number of hydrogen-bond donors (Lipinski definition) is 0. The summed E-state index contributed by atoms with van der Waals surface area (Å²) in [5.41, 5.74) is 25.6. The molecule has 73 heavy (non-hydrogen) atoms. The van der Waals surface area contributed by atoms with Gasteiger partial charge >= 0.3 is 0 Å². The molecule has 0 N–H and O–H groups in total. The fraction of sp³-hybridized carbons (Fsp3) is 0.304.